The number of hydrogen-bond acceptors (Lipinski definition) is 4. The maximum Gasteiger partial charge on any atom is 0.307 e. The molecular weight excluding hydrogens is 230 g/mol. The van der Waals surface area contributed by atoms with Gasteiger partial charge in [0.2, 0.25) is 0 Å². The molecule has 0 spiro atoms. The van der Waals surface area contributed by atoms with Gasteiger partial charge >= 0.3 is 5.97 Å². The lowest BCUT2D eigenvalue weighted by atomic mass is 10.00. The second-order valence-electron chi connectivity index (χ2n) is 6.15. The van der Waals surface area contributed by atoms with E-state index in [1.807, 2.05) is 20.8 Å². The molecule has 1 saturated heterocycles. The van der Waals surface area contributed by atoms with E-state index in [-0.39, 0.29) is 11.6 Å². The highest BCUT2D eigenvalue weighted by atomic mass is 16.6. The summed E-state index contributed by atoms with van der Waals surface area (Å²) in [4.78, 5) is 13.8. The Bertz CT molecular complexity index is 254. The zero-order valence-corrected chi connectivity index (χ0v) is 12.2. The van der Waals surface area contributed by atoms with Crippen LogP contribution in [0.15, 0.2) is 0 Å². The van der Waals surface area contributed by atoms with E-state index in [1.165, 1.54) is 0 Å². The van der Waals surface area contributed by atoms with Crippen molar-refractivity contribution < 1.29 is 14.3 Å². The molecule has 0 unspecified atom stereocenters. The maximum atomic E-state index is 11.6. The number of ether oxygens (including phenoxy) is 2. The van der Waals surface area contributed by atoms with Crippen LogP contribution in [0.5, 0.6) is 0 Å². The van der Waals surface area contributed by atoms with Crippen LogP contribution in [-0.4, -0.2) is 49.8 Å². The van der Waals surface area contributed by atoms with Crippen LogP contribution >= 0.6 is 0 Å². The summed E-state index contributed by atoms with van der Waals surface area (Å²) in [5, 5.41) is 0. The molecule has 18 heavy (non-hydrogen) atoms. The van der Waals surface area contributed by atoms with E-state index < -0.39 is 0 Å². The van der Waals surface area contributed by atoms with Gasteiger partial charge in [-0.25, -0.2) is 0 Å². The van der Waals surface area contributed by atoms with Crippen molar-refractivity contribution in [3.05, 3.63) is 0 Å². The third-order valence-corrected chi connectivity index (χ3v) is 3.03. The third kappa shape index (κ3) is 6.97. The van der Waals surface area contributed by atoms with Crippen LogP contribution in [0.25, 0.3) is 0 Å². The summed E-state index contributed by atoms with van der Waals surface area (Å²) >= 11 is 0. The SMILES string of the molecule is CN(CCC(=O)OC(C)(C)C)CC1CCOCC1. The van der Waals surface area contributed by atoms with Crippen molar-refractivity contribution in [3.63, 3.8) is 0 Å². The van der Waals surface area contributed by atoms with Crippen LogP contribution in [0.3, 0.4) is 0 Å². The molecule has 0 radical (unpaired) electrons. The summed E-state index contributed by atoms with van der Waals surface area (Å²) in [6.45, 7) is 9.28. The molecule has 1 heterocycles. The first-order valence-corrected chi connectivity index (χ1v) is 6.85. The Hall–Kier alpha value is -0.610. The highest BCUT2D eigenvalue weighted by Gasteiger charge is 2.18. The van der Waals surface area contributed by atoms with Gasteiger partial charge in [0.25, 0.3) is 0 Å². The molecule has 4 nitrogen and oxygen atoms in total. The number of hydrogen-bond donors (Lipinski definition) is 0. The molecule has 0 aromatic carbocycles. The lowest BCUT2D eigenvalue weighted by Gasteiger charge is -2.27. The Labute approximate surface area is 111 Å². The molecule has 0 N–H and O–H groups in total. The summed E-state index contributed by atoms with van der Waals surface area (Å²) < 4.78 is 10.6. The van der Waals surface area contributed by atoms with E-state index in [1.54, 1.807) is 0 Å². The van der Waals surface area contributed by atoms with E-state index in [2.05, 4.69) is 11.9 Å². The Morgan fingerprint density at radius 2 is 1.94 bits per heavy atom. The van der Waals surface area contributed by atoms with Crippen LogP contribution in [0.1, 0.15) is 40.0 Å². The molecule has 0 aliphatic carbocycles. The Morgan fingerprint density at radius 1 is 1.33 bits per heavy atom. The molecule has 1 aliphatic heterocycles. The van der Waals surface area contributed by atoms with Gasteiger partial charge in [-0.05, 0) is 46.6 Å². The second kappa shape index (κ2) is 7.10. The molecule has 0 atom stereocenters. The van der Waals surface area contributed by atoms with E-state index in [9.17, 15) is 4.79 Å². The number of nitrogens with zero attached hydrogens (tertiary/aromatic N) is 1. The number of carbonyl (C=O) groups is 1. The highest BCUT2D eigenvalue weighted by molar-refractivity contribution is 5.70. The van der Waals surface area contributed by atoms with Gasteiger partial charge in [-0.2, -0.15) is 0 Å². The molecule has 1 rings (SSSR count). The van der Waals surface area contributed by atoms with Crippen molar-refractivity contribution in [2.45, 2.75) is 45.6 Å². The second-order valence-corrected chi connectivity index (χ2v) is 6.15. The van der Waals surface area contributed by atoms with Crippen molar-refractivity contribution in [1.29, 1.82) is 0 Å². The maximum absolute atomic E-state index is 11.6. The van der Waals surface area contributed by atoms with Crippen molar-refractivity contribution >= 4 is 5.97 Å². The molecule has 0 bridgehead atoms. The van der Waals surface area contributed by atoms with Gasteiger partial charge in [-0.3, -0.25) is 4.79 Å². The molecule has 0 aromatic heterocycles. The van der Waals surface area contributed by atoms with Gasteiger partial charge in [-0.15, -0.1) is 0 Å². The standard InChI is InChI=1S/C14H27NO3/c1-14(2,3)18-13(16)5-8-15(4)11-12-6-9-17-10-7-12/h12H,5-11H2,1-4H3. The van der Waals surface area contributed by atoms with Crippen molar-refractivity contribution in [1.82, 2.24) is 4.90 Å². The number of esters is 1. The van der Waals surface area contributed by atoms with Gasteiger partial charge in [0.15, 0.2) is 0 Å². The Morgan fingerprint density at radius 3 is 2.50 bits per heavy atom. The molecule has 0 amide bonds. The zero-order chi connectivity index (χ0) is 13.6. The lowest BCUT2D eigenvalue weighted by molar-refractivity contribution is -0.155. The first-order chi connectivity index (χ1) is 8.37. The molecular formula is C14H27NO3. The summed E-state index contributed by atoms with van der Waals surface area (Å²) in [5.41, 5.74) is -0.379. The van der Waals surface area contributed by atoms with Crippen LogP contribution in [-0.2, 0) is 14.3 Å². The predicted molar refractivity (Wildman–Crippen MR) is 71.5 cm³/mol. The van der Waals surface area contributed by atoms with Crippen molar-refractivity contribution in [2.24, 2.45) is 5.92 Å². The largest absolute Gasteiger partial charge is 0.460 e. The minimum atomic E-state index is -0.379. The molecule has 0 saturated carbocycles. The highest BCUT2D eigenvalue weighted by Crippen LogP contribution is 2.15. The summed E-state index contributed by atoms with van der Waals surface area (Å²) in [5.74, 6) is 0.601. The average Bonchev–Trinajstić information content (AvgIpc) is 2.25. The van der Waals surface area contributed by atoms with E-state index in [0.717, 1.165) is 39.1 Å². The van der Waals surface area contributed by atoms with E-state index in [0.29, 0.717) is 12.3 Å². The lowest BCUT2D eigenvalue weighted by Crippen LogP contribution is -2.32. The third-order valence-electron chi connectivity index (χ3n) is 3.03. The molecule has 1 aliphatic rings. The smallest absolute Gasteiger partial charge is 0.307 e. The monoisotopic (exact) mass is 257 g/mol. The van der Waals surface area contributed by atoms with Crippen LogP contribution in [0.2, 0.25) is 0 Å². The van der Waals surface area contributed by atoms with Crippen LogP contribution < -0.4 is 0 Å². The summed E-state index contributed by atoms with van der Waals surface area (Å²) in [6, 6.07) is 0. The average molecular weight is 257 g/mol. The summed E-state index contributed by atoms with van der Waals surface area (Å²) in [6.07, 6.45) is 2.74. The fraction of sp³-hybridized carbons (Fsp3) is 0.929. The fourth-order valence-electron chi connectivity index (χ4n) is 2.14. The van der Waals surface area contributed by atoms with Gasteiger partial charge in [0.05, 0.1) is 6.42 Å². The van der Waals surface area contributed by atoms with Gasteiger partial charge in [0, 0.05) is 26.3 Å². The molecule has 1 fully saturated rings. The Kier molecular flexibility index (Phi) is 6.09. The molecule has 106 valence electrons. The first kappa shape index (κ1) is 15.4. The fourth-order valence-corrected chi connectivity index (χ4v) is 2.14. The van der Waals surface area contributed by atoms with Gasteiger partial charge in [0.1, 0.15) is 5.60 Å². The topological polar surface area (TPSA) is 38.8 Å². The first-order valence-electron chi connectivity index (χ1n) is 6.85. The molecule has 4 heteroatoms. The van der Waals surface area contributed by atoms with Gasteiger partial charge in [-0.1, -0.05) is 0 Å². The van der Waals surface area contributed by atoms with Crippen LogP contribution in [0, 0.1) is 5.92 Å². The molecule has 0 aromatic rings. The number of rotatable bonds is 5. The minimum absolute atomic E-state index is 0.110. The van der Waals surface area contributed by atoms with E-state index in [4.69, 9.17) is 9.47 Å². The quantitative estimate of drug-likeness (QED) is 0.707. The van der Waals surface area contributed by atoms with Gasteiger partial charge < -0.3 is 14.4 Å². The summed E-state index contributed by atoms with van der Waals surface area (Å²) in [7, 11) is 2.07. The number of carbonyl (C=O) groups excluding carboxylic acids is 1. The van der Waals surface area contributed by atoms with E-state index >= 15 is 0 Å². The Balaban J connectivity index is 2.16. The van der Waals surface area contributed by atoms with Crippen molar-refractivity contribution in [2.75, 3.05) is 33.4 Å². The normalized spacial score (nSPS) is 18.1. The minimum Gasteiger partial charge on any atom is -0.460 e. The predicted octanol–water partition coefficient (Wildman–Crippen LogP) is 2.08. The van der Waals surface area contributed by atoms with Crippen LogP contribution in [0.4, 0.5) is 0 Å². The zero-order valence-electron chi connectivity index (χ0n) is 12.2. The van der Waals surface area contributed by atoms with Crippen molar-refractivity contribution in [3.8, 4) is 0 Å².